The fourth-order valence-electron chi connectivity index (χ4n) is 3.49. The minimum atomic E-state index is -0.902. The van der Waals surface area contributed by atoms with Crippen LogP contribution in [0, 0.1) is 5.41 Å². The number of ether oxygens (including phenoxy) is 1. The Morgan fingerprint density at radius 3 is 2.37 bits per heavy atom. The first kappa shape index (κ1) is 30.4. The highest BCUT2D eigenvalue weighted by Gasteiger charge is 2.29. The van der Waals surface area contributed by atoms with Crippen molar-refractivity contribution < 1.29 is 19.1 Å². The SMILES string of the molecule is CC(C)(C)C[C@H](NC(=O)[C@@H](N)CCCN=C(N)N)C(=O)Nc1ccc(C(N)=O)cc1Oc1cccc(Cl)c1. The Labute approximate surface area is 227 Å². The van der Waals surface area contributed by atoms with E-state index in [9.17, 15) is 14.4 Å². The lowest BCUT2D eigenvalue weighted by Gasteiger charge is -2.27. The first-order chi connectivity index (χ1) is 17.7. The smallest absolute Gasteiger partial charge is 0.248 e. The Morgan fingerprint density at radius 1 is 1.05 bits per heavy atom. The topological polar surface area (TPSA) is 201 Å². The third-order valence-electron chi connectivity index (χ3n) is 5.30. The summed E-state index contributed by atoms with van der Waals surface area (Å²) < 4.78 is 5.91. The summed E-state index contributed by atoms with van der Waals surface area (Å²) in [4.78, 5) is 41.8. The summed E-state index contributed by atoms with van der Waals surface area (Å²) in [6, 6.07) is 9.27. The van der Waals surface area contributed by atoms with Crippen molar-refractivity contribution in [2.45, 2.75) is 52.1 Å². The number of aliphatic imine (C=N–C) groups is 1. The Morgan fingerprint density at radius 2 is 1.76 bits per heavy atom. The molecule has 0 spiro atoms. The van der Waals surface area contributed by atoms with Crippen molar-refractivity contribution in [3.8, 4) is 11.5 Å². The molecule has 0 saturated carbocycles. The van der Waals surface area contributed by atoms with E-state index in [1.165, 1.54) is 18.2 Å². The molecule has 0 radical (unpaired) electrons. The van der Waals surface area contributed by atoms with Gasteiger partial charge in [0, 0.05) is 17.1 Å². The van der Waals surface area contributed by atoms with Gasteiger partial charge in [0.05, 0.1) is 11.7 Å². The highest BCUT2D eigenvalue weighted by atomic mass is 35.5. The Bertz CT molecular complexity index is 1180. The number of benzene rings is 2. The molecule has 0 aliphatic heterocycles. The lowest BCUT2D eigenvalue weighted by molar-refractivity contribution is -0.128. The lowest BCUT2D eigenvalue weighted by atomic mass is 9.87. The fourth-order valence-corrected chi connectivity index (χ4v) is 3.67. The van der Waals surface area contributed by atoms with Crippen LogP contribution in [0.25, 0.3) is 0 Å². The van der Waals surface area contributed by atoms with Gasteiger partial charge in [0.25, 0.3) is 0 Å². The lowest BCUT2D eigenvalue weighted by Crippen LogP contribution is -2.51. The van der Waals surface area contributed by atoms with Crippen molar-refractivity contribution >= 4 is 41.0 Å². The van der Waals surface area contributed by atoms with E-state index < -0.39 is 29.8 Å². The highest BCUT2D eigenvalue weighted by molar-refractivity contribution is 6.30. The van der Waals surface area contributed by atoms with Gasteiger partial charge in [-0.1, -0.05) is 38.4 Å². The van der Waals surface area contributed by atoms with E-state index in [0.717, 1.165) is 0 Å². The molecule has 12 heteroatoms. The number of nitrogens with two attached hydrogens (primary N) is 4. The number of nitrogens with one attached hydrogen (secondary N) is 2. The molecular formula is C26H36ClN7O4. The minimum Gasteiger partial charge on any atom is -0.455 e. The van der Waals surface area contributed by atoms with E-state index in [2.05, 4.69) is 15.6 Å². The van der Waals surface area contributed by atoms with Crippen LogP contribution in [0.2, 0.25) is 5.02 Å². The number of primary amides is 1. The zero-order valence-corrected chi connectivity index (χ0v) is 22.5. The third kappa shape index (κ3) is 10.3. The molecule has 0 aromatic heterocycles. The average molecular weight is 546 g/mol. The predicted octanol–water partition coefficient (Wildman–Crippen LogP) is 2.47. The number of anilines is 1. The van der Waals surface area contributed by atoms with Gasteiger partial charge in [0.1, 0.15) is 11.8 Å². The van der Waals surface area contributed by atoms with Crippen molar-refractivity contribution in [1.29, 1.82) is 0 Å². The molecule has 0 heterocycles. The Kier molecular flexibility index (Phi) is 10.9. The van der Waals surface area contributed by atoms with Crippen molar-refractivity contribution in [2.75, 3.05) is 11.9 Å². The standard InChI is InChI=1S/C26H36ClN7O4/c1-26(2,3)14-20(34-23(36)18(28)8-5-11-32-25(30)31)24(37)33-19-10-9-15(22(29)35)12-21(19)38-17-7-4-6-16(27)13-17/h4,6-7,9-10,12-13,18,20H,5,8,11,14,28H2,1-3H3,(H2,29,35)(H,33,37)(H,34,36)(H4,30,31,32)/t18-,20-/m0/s1. The van der Waals surface area contributed by atoms with Gasteiger partial charge in [-0.05, 0) is 61.1 Å². The molecule has 2 rings (SSSR count). The van der Waals surface area contributed by atoms with Crippen LogP contribution in [0.15, 0.2) is 47.5 Å². The Hall–Kier alpha value is -3.83. The first-order valence-electron chi connectivity index (χ1n) is 12.0. The van der Waals surface area contributed by atoms with Gasteiger partial charge in [0.15, 0.2) is 11.7 Å². The molecular weight excluding hydrogens is 510 g/mol. The van der Waals surface area contributed by atoms with Gasteiger partial charge < -0.3 is 38.3 Å². The number of amides is 3. The van der Waals surface area contributed by atoms with E-state index in [0.29, 0.717) is 36.6 Å². The van der Waals surface area contributed by atoms with Gasteiger partial charge >= 0.3 is 0 Å². The molecule has 0 unspecified atom stereocenters. The van der Waals surface area contributed by atoms with Crippen molar-refractivity contribution in [3.63, 3.8) is 0 Å². The van der Waals surface area contributed by atoms with Crippen molar-refractivity contribution in [1.82, 2.24) is 5.32 Å². The van der Waals surface area contributed by atoms with E-state index >= 15 is 0 Å². The summed E-state index contributed by atoms with van der Waals surface area (Å²) in [5.41, 5.74) is 22.2. The van der Waals surface area contributed by atoms with Crippen LogP contribution in [0.4, 0.5) is 5.69 Å². The number of hydrogen-bond acceptors (Lipinski definition) is 6. The number of carbonyl (C=O) groups excluding carboxylic acids is 3. The summed E-state index contributed by atoms with van der Waals surface area (Å²) >= 11 is 6.06. The molecule has 10 N–H and O–H groups in total. The number of halogens is 1. The number of hydrogen-bond donors (Lipinski definition) is 6. The van der Waals surface area contributed by atoms with Gasteiger partial charge in [0.2, 0.25) is 17.7 Å². The van der Waals surface area contributed by atoms with Crippen molar-refractivity contribution in [2.24, 2.45) is 33.3 Å². The molecule has 0 aliphatic carbocycles. The molecule has 2 aromatic rings. The van der Waals surface area contributed by atoms with Crippen LogP contribution in [0.5, 0.6) is 11.5 Å². The van der Waals surface area contributed by atoms with Crippen LogP contribution >= 0.6 is 11.6 Å². The van der Waals surface area contributed by atoms with E-state index in [4.69, 9.17) is 39.3 Å². The Balaban J connectivity index is 2.24. The zero-order valence-electron chi connectivity index (χ0n) is 21.8. The monoisotopic (exact) mass is 545 g/mol. The molecule has 0 bridgehead atoms. The van der Waals surface area contributed by atoms with Gasteiger partial charge in [-0.2, -0.15) is 0 Å². The summed E-state index contributed by atoms with van der Waals surface area (Å²) in [5, 5.41) is 5.99. The highest BCUT2D eigenvalue weighted by Crippen LogP contribution is 2.32. The van der Waals surface area contributed by atoms with E-state index in [-0.39, 0.29) is 28.4 Å². The molecule has 0 saturated heterocycles. The zero-order chi connectivity index (χ0) is 28.5. The normalized spacial score (nSPS) is 12.7. The molecule has 2 atom stereocenters. The molecule has 206 valence electrons. The maximum Gasteiger partial charge on any atom is 0.248 e. The van der Waals surface area contributed by atoms with Crippen LogP contribution in [0.1, 0.15) is 50.4 Å². The number of guanidine groups is 1. The second-order valence-corrected chi connectivity index (χ2v) is 10.4. The average Bonchev–Trinajstić information content (AvgIpc) is 2.81. The maximum absolute atomic E-state index is 13.4. The van der Waals surface area contributed by atoms with Crippen LogP contribution in [0.3, 0.4) is 0 Å². The third-order valence-corrected chi connectivity index (χ3v) is 5.54. The van der Waals surface area contributed by atoms with Gasteiger partial charge in [-0.15, -0.1) is 0 Å². The number of nitrogens with zero attached hydrogens (tertiary/aromatic N) is 1. The van der Waals surface area contributed by atoms with Crippen molar-refractivity contribution in [3.05, 3.63) is 53.1 Å². The van der Waals surface area contributed by atoms with Gasteiger partial charge in [-0.3, -0.25) is 19.4 Å². The first-order valence-corrected chi connectivity index (χ1v) is 12.4. The minimum absolute atomic E-state index is 0.0347. The second-order valence-electron chi connectivity index (χ2n) is 10.0. The number of carbonyl (C=O) groups is 3. The molecule has 0 aliphatic rings. The quantitative estimate of drug-likeness (QED) is 0.133. The molecule has 0 fully saturated rings. The van der Waals surface area contributed by atoms with Gasteiger partial charge in [-0.25, -0.2) is 0 Å². The van der Waals surface area contributed by atoms with E-state index in [1.54, 1.807) is 24.3 Å². The fraction of sp³-hybridized carbons (Fsp3) is 0.385. The molecule has 3 amide bonds. The largest absolute Gasteiger partial charge is 0.455 e. The maximum atomic E-state index is 13.4. The number of rotatable bonds is 12. The predicted molar refractivity (Wildman–Crippen MR) is 149 cm³/mol. The summed E-state index contributed by atoms with van der Waals surface area (Å²) in [5.74, 6) is -1.09. The molecule has 2 aromatic carbocycles. The molecule has 11 nitrogen and oxygen atoms in total. The van der Waals surface area contributed by atoms with E-state index in [1.807, 2.05) is 20.8 Å². The summed E-state index contributed by atoms with van der Waals surface area (Å²) in [6.45, 7) is 6.18. The van der Waals surface area contributed by atoms with Crippen LogP contribution in [-0.2, 0) is 9.59 Å². The summed E-state index contributed by atoms with van der Waals surface area (Å²) in [7, 11) is 0. The molecule has 38 heavy (non-hydrogen) atoms. The second kappa shape index (κ2) is 13.6. The van der Waals surface area contributed by atoms with Crippen LogP contribution < -0.4 is 38.3 Å². The van der Waals surface area contributed by atoms with Crippen LogP contribution in [-0.4, -0.2) is 42.3 Å². The summed E-state index contributed by atoms with van der Waals surface area (Å²) in [6.07, 6.45) is 1.16.